The third-order valence-corrected chi connectivity index (χ3v) is 6.41. The largest absolute Gasteiger partial charge is 0.478 e. The monoisotopic (exact) mass is 292 g/mol. The minimum atomic E-state index is -1.03. The second-order valence-electron chi connectivity index (χ2n) is 5.79. The standard InChI is InChI=1S/C16H20O3S/c1-2-12-14(16(17)18)9-8-13(10-4-3-5-10)15(12)20(19)11-6-7-11/h8-11H,2-7H2,1H3,(H,17,18)/t20-/m0/s1. The van der Waals surface area contributed by atoms with Crippen LogP contribution in [0, 0.1) is 0 Å². The zero-order valence-electron chi connectivity index (χ0n) is 11.7. The van der Waals surface area contributed by atoms with Gasteiger partial charge in [-0.3, -0.25) is 4.21 Å². The summed E-state index contributed by atoms with van der Waals surface area (Å²) in [6.07, 6.45) is 6.17. The molecule has 3 nitrogen and oxygen atoms in total. The molecule has 0 aliphatic heterocycles. The van der Waals surface area contributed by atoms with Crippen molar-refractivity contribution in [1.82, 2.24) is 0 Å². The lowest BCUT2D eigenvalue weighted by Gasteiger charge is -2.29. The van der Waals surface area contributed by atoms with E-state index in [1.54, 1.807) is 6.07 Å². The van der Waals surface area contributed by atoms with Gasteiger partial charge in [0.25, 0.3) is 0 Å². The molecule has 1 aromatic rings. The third kappa shape index (κ3) is 2.30. The average Bonchev–Trinajstić information content (AvgIpc) is 3.19. The normalized spacial score (nSPS) is 20.4. The van der Waals surface area contributed by atoms with Gasteiger partial charge in [-0.25, -0.2) is 4.79 Å². The Labute approximate surface area is 121 Å². The van der Waals surface area contributed by atoms with Crippen molar-refractivity contribution in [3.63, 3.8) is 0 Å². The Bertz CT molecular complexity index is 571. The van der Waals surface area contributed by atoms with Crippen LogP contribution < -0.4 is 0 Å². The first kappa shape index (κ1) is 13.8. The fraction of sp³-hybridized carbons (Fsp3) is 0.562. The van der Waals surface area contributed by atoms with E-state index >= 15 is 0 Å². The molecule has 1 N–H and O–H groups in total. The topological polar surface area (TPSA) is 54.4 Å². The molecule has 0 saturated heterocycles. The highest BCUT2D eigenvalue weighted by Crippen LogP contribution is 2.43. The highest BCUT2D eigenvalue weighted by atomic mass is 32.2. The Hall–Kier alpha value is -1.16. The van der Waals surface area contributed by atoms with E-state index < -0.39 is 16.8 Å². The van der Waals surface area contributed by atoms with Crippen LogP contribution >= 0.6 is 0 Å². The van der Waals surface area contributed by atoms with Gasteiger partial charge in [0.2, 0.25) is 0 Å². The molecule has 3 rings (SSSR count). The fourth-order valence-electron chi connectivity index (χ4n) is 2.92. The molecule has 0 unspecified atom stereocenters. The smallest absolute Gasteiger partial charge is 0.336 e. The van der Waals surface area contributed by atoms with Crippen LogP contribution in [0.15, 0.2) is 17.0 Å². The second-order valence-corrected chi connectivity index (χ2v) is 7.46. The summed E-state index contributed by atoms with van der Waals surface area (Å²) in [5, 5.41) is 9.61. The van der Waals surface area contributed by atoms with Gasteiger partial charge in [-0.15, -0.1) is 0 Å². The van der Waals surface area contributed by atoms with Crippen molar-refractivity contribution in [3.8, 4) is 0 Å². The van der Waals surface area contributed by atoms with E-state index in [-0.39, 0.29) is 5.25 Å². The Morgan fingerprint density at radius 3 is 2.45 bits per heavy atom. The molecule has 0 amide bonds. The van der Waals surface area contributed by atoms with Gasteiger partial charge in [-0.1, -0.05) is 19.4 Å². The van der Waals surface area contributed by atoms with Gasteiger partial charge < -0.3 is 5.11 Å². The first-order chi connectivity index (χ1) is 9.63. The molecule has 0 spiro atoms. The Morgan fingerprint density at radius 2 is 2.00 bits per heavy atom. The minimum absolute atomic E-state index is 0.253. The molecule has 0 heterocycles. The van der Waals surface area contributed by atoms with Crippen molar-refractivity contribution in [2.75, 3.05) is 0 Å². The first-order valence-corrected chi connectivity index (χ1v) is 8.64. The van der Waals surface area contributed by atoms with E-state index in [1.165, 1.54) is 6.42 Å². The number of carboxylic acid groups (broad SMARTS) is 1. The average molecular weight is 292 g/mol. The van der Waals surface area contributed by atoms with Gasteiger partial charge in [-0.05, 0) is 55.2 Å². The molecule has 2 aliphatic rings. The lowest BCUT2D eigenvalue weighted by atomic mass is 9.79. The van der Waals surface area contributed by atoms with E-state index in [0.29, 0.717) is 17.9 Å². The number of aromatic carboxylic acids is 1. The molecule has 108 valence electrons. The minimum Gasteiger partial charge on any atom is -0.478 e. The number of hydrogen-bond acceptors (Lipinski definition) is 2. The summed E-state index contributed by atoms with van der Waals surface area (Å²) in [6.45, 7) is 1.96. The summed E-state index contributed by atoms with van der Waals surface area (Å²) in [4.78, 5) is 12.3. The van der Waals surface area contributed by atoms with Crippen molar-refractivity contribution in [1.29, 1.82) is 0 Å². The molecule has 0 radical (unpaired) electrons. The van der Waals surface area contributed by atoms with E-state index in [9.17, 15) is 14.1 Å². The van der Waals surface area contributed by atoms with Crippen LogP contribution in [0.1, 0.15) is 66.4 Å². The SMILES string of the molecule is CCc1c(C(=O)O)ccc(C2CCC2)c1[S@@](=O)C1CC1. The van der Waals surface area contributed by atoms with Crippen LogP contribution in [0.2, 0.25) is 0 Å². The summed E-state index contributed by atoms with van der Waals surface area (Å²) in [7, 11) is -1.03. The van der Waals surface area contributed by atoms with Crippen molar-refractivity contribution in [2.24, 2.45) is 0 Å². The maximum absolute atomic E-state index is 12.7. The van der Waals surface area contributed by atoms with Crippen LogP contribution in [0.4, 0.5) is 0 Å². The summed E-state index contributed by atoms with van der Waals surface area (Å²) in [5.74, 6) is -0.420. The number of carbonyl (C=O) groups is 1. The highest BCUT2D eigenvalue weighted by Gasteiger charge is 2.35. The van der Waals surface area contributed by atoms with Crippen molar-refractivity contribution in [3.05, 3.63) is 28.8 Å². The van der Waals surface area contributed by atoms with Gasteiger partial charge in [0.1, 0.15) is 0 Å². The molecule has 0 aromatic heterocycles. The van der Waals surface area contributed by atoms with E-state index in [0.717, 1.165) is 41.7 Å². The van der Waals surface area contributed by atoms with Crippen molar-refractivity contribution in [2.45, 2.75) is 61.5 Å². The van der Waals surface area contributed by atoms with Crippen LogP contribution in [0.5, 0.6) is 0 Å². The Kier molecular flexibility index (Phi) is 3.67. The van der Waals surface area contributed by atoms with Gasteiger partial charge in [0.15, 0.2) is 0 Å². The Morgan fingerprint density at radius 1 is 1.30 bits per heavy atom. The summed E-state index contributed by atoms with van der Waals surface area (Å²) in [6, 6.07) is 3.63. The predicted molar refractivity (Wildman–Crippen MR) is 78.8 cm³/mol. The van der Waals surface area contributed by atoms with Crippen LogP contribution in [0.3, 0.4) is 0 Å². The molecule has 20 heavy (non-hydrogen) atoms. The third-order valence-electron chi connectivity index (χ3n) is 4.45. The zero-order chi connectivity index (χ0) is 14.3. The molecule has 1 atom stereocenters. The molecule has 2 fully saturated rings. The maximum atomic E-state index is 12.7. The van der Waals surface area contributed by atoms with Gasteiger partial charge in [0.05, 0.1) is 16.4 Å². The molecule has 0 bridgehead atoms. The van der Waals surface area contributed by atoms with Crippen molar-refractivity contribution >= 4 is 16.8 Å². The van der Waals surface area contributed by atoms with Crippen LogP contribution in [0.25, 0.3) is 0 Å². The molecule has 2 saturated carbocycles. The lowest BCUT2D eigenvalue weighted by molar-refractivity contribution is 0.0695. The lowest BCUT2D eigenvalue weighted by Crippen LogP contribution is -2.17. The molecule has 4 heteroatoms. The number of carboxylic acids is 1. The zero-order valence-corrected chi connectivity index (χ0v) is 12.5. The molecule has 1 aromatic carbocycles. The predicted octanol–water partition coefficient (Wildman–Crippen LogP) is 3.48. The van der Waals surface area contributed by atoms with Crippen LogP contribution in [-0.4, -0.2) is 20.5 Å². The molecular formula is C16H20O3S. The van der Waals surface area contributed by atoms with E-state index in [1.807, 2.05) is 13.0 Å². The van der Waals surface area contributed by atoms with E-state index in [4.69, 9.17) is 0 Å². The fourth-order valence-corrected chi connectivity index (χ4v) is 4.79. The number of benzene rings is 1. The van der Waals surface area contributed by atoms with E-state index in [2.05, 4.69) is 0 Å². The van der Waals surface area contributed by atoms with Crippen molar-refractivity contribution < 1.29 is 14.1 Å². The van der Waals surface area contributed by atoms with Gasteiger partial charge in [0, 0.05) is 10.1 Å². The highest BCUT2D eigenvalue weighted by molar-refractivity contribution is 7.86. The molecule has 2 aliphatic carbocycles. The summed E-state index contributed by atoms with van der Waals surface area (Å²) in [5.41, 5.74) is 2.29. The molecular weight excluding hydrogens is 272 g/mol. The van der Waals surface area contributed by atoms with Crippen LogP contribution in [-0.2, 0) is 17.2 Å². The number of rotatable bonds is 5. The quantitative estimate of drug-likeness (QED) is 0.904. The summed E-state index contributed by atoms with van der Waals surface area (Å²) >= 11 is 0. The Balaban J connectivity index is 2.14. The van der Waals surface area contributed by atoms with Gasteiger partial charge in [-0.2, -0.15) is 0 Å². The summed E-state index contributed by atoms with van der Waals surface area (Å²) < 4.78 is 12.7. The first-order valence-electron chi connectivity index (χ1n) is 7.43. The maximum Gasteiger partial charge on any atom is 0.336 e. The van der Waals surface area contributed by atoms with Gasteiger partial charge >= 0.3 is 5.97 Å². The second kappa shape index (κ2) is 5.32. The number of hydrogen-bond donors (Lipinski definition) is 1.